The lowest BCUT2D eigenvalue weighted by molar-refractivity contribution is -0.122. The van der Waals surface area contributed by atoms with Crippen LogP contribution in [0.2, 0.25) is 0 Å². The fourth-order valence-corrected chi connectivity index (χ4v) is 1.92. The number of methoxy groups -OCH3 is 1. The number of carbonyl (C=O) groups excluding carboxylic acids is 1. The van der Waals surface area contributed by atoms with Crippen LogP contribution in [0.15, 0.2) is 11.0 Å². The number of halogens is 1. The van der Waals surface area contributed by atoms with Gasteiger partial charge in [0, 0.05) is 19.3 Å². The first kappa shape index (κ1) is 15.1. The molecule has 0 saturated heterocycles. The largest absolute Gasteiger partial charge is 0.383 e. The molecule has 0 spiro atoms. The maximum Gasteiger partial charge on any atom is 0.267 e. The molecule has 7 heteroatoms. The monoisotopic (exact) mass is 365 g/mol. The number of nitrogens with one attached hydrogen (secondary N) is 1. The summed E-state index contributed by atoms with van der Waals surface area (Å²) >= 11 is 1.90. The van der Waals surface area contributed by atoms with E-state index in [0.29, 0.717) is 16.0 Å². The number of aryl methyl sites for hydroxylation is 1. The Morgan fingerprint density at radius 1 is 1.67 bits per heavy atom. The van der Waals surface area contributed by atoms with Gasteiger partial charge in [0.15, 0.2) is 0 Å². The first-order valence-corrected chi connectivity index (χ1v) is 6.53. The van der Waals surface area contributed by atoms with E-state index in [1.807, 2.05) is 29.5 Å². The molecule has 0 aliphatic rings. The van der Waals surface area contributed by atoms with Gasteiger partial charge in [-0.1, -0.05) is 0 Å². The predicted octanol–water partition coefficient (Wildman–Crippen LogP) is 0.307. The first-order chi connectivity index (χ1) is 8.45. The van der Waals surface area contributed by atoms with Gasteiger partial charge in [0.2, 0.25) is 5.91 Å². The summed E-state index contributed by atoms with van der Waals surface area (Å²) in [5.41, 5.74) is -0.197. The van der Waals surface area contributed by atoms with Crippen LogP contribution >= 0.6 is 22.6 Å². The molecule has 1 unspecified atom stereocenters. The number of nitrogens with zero attached hydrogens (tertiary/aromatic N) is 2. The van der Waals surface area contributed by atoms with Crippen LogP contribution in [0.3, 0.4) is 0 Å². The highest BCUT2D eigenvalue weighted by Crippen LogP contribution is 1.97. The van der Waals surface area contributed by atoms with Gasteiger partial charge in [0.05, 0.1) is 10.2 Å². The fraction of sp³-hybridized carbons (Fsp3) is 0.545. The topological polar surface area (TPSA) is 73.2 Å². The highest BCUT2D eigenvalue weighted by atomic mass is 127. The van der Waals surface area contributed by atoms with Gasteiger partial charge < -0.3 is 10.1 Å². The van der Waals surface area contributed by atoms with Crippen LogP contribution in [0, 0.1) is 10.5 Å². The summed E-state index contributed by atoms with van der Waals surface area (Å²) in [7, 11) is 1.57. The van der Waals surface area contributed by atoms with E-state index in [2.05, 4.69) is 10.3 Å². The number of rotatable bonds is 5. The van der Waals surface area contributed by atoms with Gasteiger partial charge in [-0.25, -0.2) is 4.98 Å². The SMILES string of the molecule is COCC(C)NC(=O)Cn1c(C)ncc(I)c1=O. The summed E-state index contributed by atoms with van der Waals surface area (Å²) in [5.74, 6) is 0.295. The number of carbonyl (C=O) groups is 1. The molecule has 1 rings (SSSR count). The van der Waals surface area contributed by atoms with Crippen LogP contribution in [0.4, 0.5) is 0 Å². The highest BCUT2D eigenvalue weighted by Gasteiger charge is 2.11. The second-order valence-corrected chi connectivity index (χ2v) is 5.13. The molecule has 18 heavy (non-hydrogen) atoms. The van der Waals surface area contributed by atoms with E-state index in [-0.39, 0.29) is 24.1 Å². The maximum absolute atomic E-state index is 11.8. The number of hydrogen-bond acceptors (Lipinski definition) is 4. The third-order valence-corrected chi connectivity index (χ3v) is 3.07. The Bertz CT molecular complexity index is 487. The van der Waals surface area contributed by atoms with Crippen LogP contribution in [-0.4, -0.2) is 35.2 Å². The fourth-order valence-electron chi connectivity index (χ4n) is 1.49. The first-order valence-electron chi connectivity index (χ1n) is 5.46. The van der Waals surface area contributed by atoms with Crippen molar-refractivity contribution in [2.45, 2.75) is 26.4 Å². The molecular formula is C11H16IN3O3. The zero-order valence-corrected chi connectivity index (χ0v) is 12.7. The van der Waals surface area contributed by atoms with Crippen LogP contribution in [0.1, 0.15) is 12.7 Å². The standard InChI is InChI=1S/C11H16IN3O3/c1-7(6-18-3)14-10(16)5-15-8(2)13-4-9(12)11(15)17/h4,7H,5-6H2,1-3H3,(H,14,16). The second-order valence-electron chi connectivity index (χ2n) is 3.97. The zero-order chi connectivity index (χ0) is 13.7. The average molecular weight is 365 g/mol. The smallest absolute Gasteiger partial charge is 0.267 e. The van der Waals surface area contributed by atoms with Crippen LogP contribution in [0.25, 0.3) is 0 Å². The lowest BCUT2D eigenvalue weighted by atomic mass is 10.3. The molecule has 0 aliphatic heterocycles. The number of hydrogen-bond donors (Lipinski definition) is 1. The Balaban J connectivity index is 2.76. The van der Waals surface area contributed by atoms with Crippen LogP contribution in [-0.2, 0) is 16.1 Å². The number of aromatic nitrogens is 2. The Hall–Kier alpha value is -0.960. The summed E-state index contributed by atoms with van der Waals surface area (Å²) < 4.78 is 6.78. The molecule has 0 saturated carbocycles. The molecule has 1 heterocycles. The molecule has 0 bridgehead atoms. The summed E-state index contributed by atoms with van der Waals surface area (Å²) in [6.45, 7) is 3.94. The number of amides is 1. The van der Waals surface area contributed by atoms with Crippen molar-refractivity contribution in [2.75, 3.05) is 13.7 Å². The second kappa shape index (κ2) is 6.83. The summed E-state index contributed by atoms with van der Waals surface area (Å²) in [5, 5.41) is 2.75. The van der Waals surface area contributed by atoms with Crippen molar-refractivity contribution >= 4 is 28.5 Å². The number of ether oxygens (including phenoxy) is 1. The maximum atomic E-state index is 11.8. The van der Waals surface area contributed by atoms with E-state index in [4.69, 9.17) is 4.74 Å². The molecule has 0 radical (unpaired) electrons. The molecule has 1 aromatic heterocycles. The molecule has 0 aromatic carbocycles. The Labute approximate surface area is 119 Å². The summed E-state index contributed by atoms with van der Waals surface area (Å²) in [6.07, 6.45) is 1.50. The van der Waals surface area contributed by atoms with E-state index in [1.165, 1.54) is 10.8 Å². The highest BCUT2D eigenvalue weighted by molar-refractivity contribution is 14.1. The molecule has 1 atom stereocenters. The molecule has 1 aromatic rings. The third-order valence-electron chi connectivity index (χ3n) is 2.33. The minimum absolute atomic E-state index is 0.0252. The van der Waals surface area contributed by atoms with Gasteiger partial charge in [-0.15, -0.1) is 0 Å². The normalized spacial score (nSPS) is 12.2. The van der Waals surface area contributed by atoms with Gasteiger partial charge in [0.25, 0.3) is 5.56 Å². The Morgan fingerprint density at radius 2 is 2.33 bits per heavy atom. The van der Waals surface area contributed by atoms with Gasteiger partial charge in [-0.2, -0.15) is 0 Å². The van der Waals surface area contributed by atoms with Gasteiger partial charge in [-0.05, 0) is 36.4 Å². The van der Waals surface area contributed by atoms with Crippen molar-refractivity contribution in [3.8, 4) is 0 Å². The Kier molecular flexibility index (Phi) is 5.73. The van der Waals surface area contributed by atoms with Crippen molar-refractivity contribution < 1.29 is 9.53 Å². The van der Waals surface area contributed by atoms with E-state index in [9.17, 15) is 9.59 Å². The van der Waals surface area contributed by atoms with E-state index in [0.717, 1.165) is 0 Å². The zero-order valence-electron chi connectivity index (χ0n) is 10.6. The quantitative estimate of drug-likeness (QED) is 0.763. The average Bonchev–Trinajstić information content (AvgIpc) is 2.30. The Morgan fingerprint density at radius 3 is 2.94 bits per heavy atom. The van der Waals surface area contributed by atoms with Crippen molar-refractivity contribution in [1.82, 2.24) is 14.9 Å². The van der Waals surface area contributed by atoms with E-state index < -0.39 is 0 Å². The molecule has 0 aliphatic carbocycles. The van der Waals surface area contributed by atoms with Gasteiger partial charge >= 0.3 is 0 Å². The van der Waals surface area contributed by atoms with Crippen LogP contribution < -0.4 is 10.9 Å². The van der Waals surface area contributed by atoms with Gasteiger partial charge in [0.1, 0.15) is 12.4 Å². The molecule has 1 amide bonds. The van der Waals surface area contributed by atoms with Crippen molar-refractivity contribution in [3.05, 3.63) is 25.9 Å². The third kappa shape index (κ3) is 4.05. The minimum atomic E-state index is -0.228. The molecule has 1 N–H and O–H groups in total. The summed E-state index contributed by atoms with van der Waals surface area (Å²) in [6, 6.07) is -0.0887. The molecule has 0 fully saturated rings. The molecule has 100 valence electrons. The van der Waals surface area contributed by atoms with Crippen molar-refractivity contribution in [2.24, 2.45) is 0 Å². The van der Waals surface area contributed by atoms with E-state index >= 15 is 0 Å². The predicted molar refractivity (Wildman–Crippen MR) is 75.4 cm³/mol. The molecule has 6 nitrogen and oxygen atoms in total. The summed E-state index contributed by atoms with van der Waals surface area (Å²) in [4.78, 5) is 27.7. The minimum Gasteiger partial charge on any atom is -0.383 e. The lowest BCUT2D eigenvalue weighted by Gasteiger charge is -2.14. The van der Waals surface area contributed by atoms with Gasteiger partial charge in [-0.3, -0.25) is 14.2 Å². The van der Waals surface area contributed by atoms with Crippen LogP contribution in [0.5, 0.6) is 0 Å². The van der Waals surface area contributed by atoms with Crippen molar-refractivity contribution in [1.29, 1.82) is 0 Å². The lowest BCUT2D eigenvalue weighted by Crippen LogP contribution is -2.40. The van der Waals surface area contributed by atoms with Crippen molar-refractivity contribution in [3.63, 3.8) is 0 Å². The van der Waals surface area contributed by atoms with E-state index in [1.54, 1.807) is 14.0 Å². The molecular weight excluding hydrogens is 349 g/mol.